The summed E-state index contributed by atoms with van der Waals surface area (Å²) >= 11 is 1.36. The summed E-state index contributed by atoms with van der Waals surface area (Å²) in [5, 5.41) is 14.9. The number of aromatic nitrogens is 1. The first kappa shape index (κ1) is 18.8. The molecular weight excluding hydrogens is 354 g/mol. The maximum atomic E-state index is 12.8. The van der Waals surface area contributed by atoms with Gasteiger partial charge < -0.3 is 5.32 Å². The molecule has 1 amide bonds. The third-order valence-electron chi connectivity index (χ3n) is 4.67. The summed E-state index contributed by atoms with van der Waals surface area (Å²) in [6.07, 6.45) is 0.355. The second-order valence-electron chi connectivity index (χ2n) is 6.90. The lowest BCUT2D eigenvalue weighted by molar-refractivity contribution is -0.122. The lowest BCUT2D eigenvalue weighted by atomic mass is 9.83. The molecule has 3 rings (SSSR count). The van der Waals surface area contributed by atoms with Crippen LogP contribution in [0.5, 0.6) is 0 Å². The van der Waals surface area contributed by atoms with Crippen LogP contribution in [-0.2, 0) is 11.2 Å². The summed E-state index contributed by atoms with van der Waals surface area (Å²) in [6.45, 7) is 5.74. The smallest absolute Gasteiger partial charge is 0.246 e. The molecule has 0 aliphatic carbocycles. The zero-order valence-electron chi connectivity index (χ0n) is 15.6. The van der Waals surface area contributed by atoms with Crippen LogP contribution in [-0.4, -0.2) is 10.9 Å². The number of aryl methyl sites for hydroxylation is 2. The van der Waals surface area contributed by atoms with Gasteiger partial charge in [-0.05, 0) is 43.9 Å². The van der Waals surface area contributed by atoms with Crippen molar-refractivity contribution in [2.24, 2.45) is 5.41 Å². The van der Waals surface area contributed by atoms with Crippen LogP contribution in [0, 0.1) is 30.6 Å². The van der Waals surface area contributed by atoms with Crippen LogP contribution in [0.2, 0.25) is 0 Å². The van der Waals surface area contributed by atoms with E-state index >= 15 is 0 Å². The van der Waals surface area contributed by atoms with Crippen LogP contribution in [0.15, 0.2) is 53.9 Å². The van der Waals surface area contributed by atoms with Gasteiger partial charge in [-0.3, -0.25) is 4.79 Å². The second kappa shape index (κ2) is 7.73. The van der Waals surface area contributed by atoms with Gasteiger partial charge in [-0.2, -0.15) is 5.26 Å². The molecule has 27 heavy (non-hydrogen) atoms. The Morgan fingerprint density at radius 3 is 2.59 bits per heavy atom. The number of hydrogen-bond acceptors (Lipinski definition) is 4. The highest BCUT2D eigenvalue weighted by molar-refractivity contribution is 7.14. The summed E-state index contributed by atoms with van der Waals surface area (Å²) in [4.78, 5) is 17.3. The van der Waals surface area contributed by atoms with Crippen LogP contribution >= 0.6 is 11.3 Å². The predicted molar refractivity (Wildman–Crippen MR) is 110 cm³/mol. The minimum atomic E-state index is -1.17. The second-order valence-corrected chi connectivity index (χ2v) is 7.76. The van der Waals surface area contributed by atoms with Crippen molar-refractivity contribution in [1.82, 2.24) is 4.98 Å². The SMILES string of the molecule is Cc1ccc(CC(C)(C#N)C(=O)Nc2nc(-c3ccccc3)cs2)cc1C. The standard InChI is InChI=1S/C22H21N3OS/c1-15-9-10-17(11-16(15)2)12-22(3,14-23)20(26)25-21-24-19(13-27-21)18-7-5-4-6-8-18/h4-11,13H,12H2,1-3H3,(H,24,25,26). The Kier molecular flexibility index (Phi) is 5.38. The van der Waals surface area contributed by atoms with Gasteiger partial charge >= 0.3 is 0 Å². The van der Waals surface area contributed by atoms with Gasteiger partial charge in [0.2, 0.25) is 5.91 Å². The molecule has 1 aromatic heterocycles. The average molecular weight is 375 g/mol. The van der Waals surface area contributed by atoms with Crippen molar-refractivity contribution >= 4 is 22.4 Å². The molecule has 3 aromatic rings. The molecule has 0 saturated carbocycles. The Morgan fingerprint density at radius 1 is 1.19 bits per heavy atom. The number of nitrogens with one attached hydrogen (secondary N) is 1. The van der Waals surface area contributed by atoms with Crippen LogP contribution in [0.3, 0.4) is 0 Å². The molecule has 1 heterocycles. The van der Waals surface area contributed by atoms with E-state index < -0.39 is 5.41 Å². The molecule has 1 atom stereocenters. The summed E-state index contributed by atoms with van der Waals surface area (Å²) in [5.41, 5.74) is 3.96. The first-order valence-corrected chi connectivity index (χ1v) is 9.59. The zero-order valence-corrected chi connectivity index (χ0v) is 16.4. The normalized spacial score (nSPS) is 12.8. The van der Waals surface area contributed by atoms with E-state index in [2.05, 4.69) is 16.4 Å². The molecule has 5 heteroatoms. The van der Waals surface area contributed by atoms with Crippen LogP contribution in [0.25, 0.3) is 11.3 Å². The van der Waals surface area contributed by atoms with E-state index in [1.807, 2.05) is 67.8 Å². The molecule has 136 valence electrons. The number of carbonyl (C=O) groups is 1. The molecule has 1 N–H and O–H groups in total. The van der Waals surface area contributed by atoms with E-state index in [-0.39, 0.29) is 5.91 Å². The van der Waals surface area contributed by atoms with Crippen LogP contribution in [0.4, 0.5) is 5.13 Å². The molecule has 0 saturated heterocycles. The van der Waals surface area contributed by atoms with Gasteiger partial charge in [0.25, 0.3) is 0 Å². The number of rotatable bonds is 5. The first-order valence-electron chi connectivity index (χ1n) is 8.71. The van der Waals surface area contributed by atoms with Gasteiger partial charge in [0, 0.05) is 10.9 Å². The molecule has 0 aliphatic heterocycles. The van der Waals surface area contributed by atoms with Gasteiger partial charge in [-0.25, -0.2) is 4.98 Å². The Bertz CT molecular complexity index is 1000. The van der Waals surface area contributed by atoms with Gasteiger partial charge in [0.05, 0.1) is 11.8 Å². The van der Waals surface area contributed by atoms with Crippen molar-refractivity contribution in [3.8, 4) is 17.3 Å². The van der Waals surface area contributed by atoms with E-state index in [4.69, 9.17) is 0 Å². The third kappa shape index (κ3) is 4.24. The summed E-state index contributed by atoms with van der Waals surface area (Å²) in [5.74, 6) is -0.336. The number of nitriles is 1. The topological polar surface area (TPSA) is 65.8 Å². The Balaban J connectivity index is 1.76. The lowest BCUT2D eigenvalue weighted by Crippen LogP contribution is -2.34. The summed E-state index contributed by atoms with van der Waals surface area (Å²) in [7, 11) is 0. The third-order valence-corrected chi connectivity index (χ3v) is 5.43. The highest BCUT2D eigenvalue weighted by Gasteiger charge is 2.34. The molecule has 0 fully saturated rings. The summed E-state index contributed by atoms with van der Waals surface area (Å²) in [6, 6.07) is 18.0. The highest BCUT2D eigenvalue weighted by atomic mass is 32.1. The van der Waals surface area contributed by atoms with E-state index in [1.54, 1.807) is 6.92 Å². The maximum Gasteiger partial charge on any atom is 0.246 e. The van der Waals surface area contributed by atoms with Crippen molar-refractivity contribution in [3.63, 3.8) is 0 Å². The number of thiazole rings is 1. The van der Waals surface area contributed by atoms with E-state index in [9.17, 15) is 10.1 Å². The van der Waals surface area contributed by atoms with Crippen molar-refractivity contribution in [2.75, 3.05) is 5.32 Å². The number of carbonyl (C=O) groups excluding carboxylic acids is 1. The molecule has 0 aliphatic rings. The molecule has 1 unspecified atom stereocenters. The van der Waals surface area contributed by atoms with Gasteiger partial charge in [0.15, 0.2) is 5.13 Å². The maximum absolute atomic E-state index is 12.8. The number of benzene rings is 2. The quantitative estimate of drug-likeness (QED) is 0.671. The number of nitrogens with zero attached hydrogens (tertiary/aromatic N) is 2. The van der Waals surface area contributed by atoms with Gasteiger partial charge in [-0.15, -0.1) is 11.3 Å². The summed E-state index contributed by atoms with van der Waals surface area (Å²) < 4.78 is 0. The molecule has 0 bridgehead atoms. The first-order chi connectivity index (χ1) is 12.9. The van der Waals surface area contributed by atoms with E-state index in [0.717, 1.165) is 22.4 Å². The largest absolute Gasteiger partial charge is 0.301 e. The van der Waals surface area contributed by atoms with Crippen molar-refractivity contribution in [2.45, 2.75) is 27.2 Å². The molecule has 0 radical (unpaired) electrons. The fraction of sp³-hybridized carbons (Fsp3) is 0.227. The van der Waals surface area contributed by atoms with E-state index in [1.165, 1.54) is 16.9 Å². The minimum absolute atomic E-state index is 0.336. The van der Waals surface area contributed by atoms with Crippen molar-refractivity contribution in [3.05, 3.63) is 70.6 Å². The molecule has 4 nitrogen and oxygen atoms in total. The van der Waals surface area contributed by atoms with Gasteiger partial charge in [-0.1, -0.05) is 48.5 Å². The van der Waals surface area contributed by atoms with E-state index in [0.29, 0.717) is 11.6 Å². The predicted octanol–water partition coefficient (Wildman–Crippen LogP) is 5.14. The molecule has 2 aromatic carbocycles. The molecule has 0 spiro atoms. The highest BCUT2D eigenvalue weighted by Crippen LogP contribution is 2.28. The fourth-order valence-electron chi connectivity index (χ4n) is 2.80. The fourth-order valence-corrected chi connectivity index (χ4v) is 3.51. The molecular formula is C22H21N3OS. The Labute approximate surface area is 163 Å². The van der Waals surface area contributed by atoms with Crippen LogP contribution < -0.4 is 5.32 Å². The number of hydrogen-bond donors (Lipinski definition) is 1. The average Bonchev–Trinajstić information content (AvgIpc) is 3.14. The lowest BCUT2D eigenvalue weighted by Gasteiger charge is -2.20. The number of anilines is 1. The number of amides is 1. The Morgan fingerprint density at radius 2 is 1.93 bits per heavy atom. The monoisotopic (exact) mass is 375 g/mol. The zero-order chi connectivity index (χ0) is 19.4. The minimum Gasteiger partial charge on any atom is -0.301 e. The van der Waals surface area contributed by atoms with Crippen LogP contribution in [0.1, 0.15) is 23.6 Å². The van der Waals surface area contributed by atoms with Crippen molar-refractivity contribution < 1.29 is 4.79 Å². The van der Waals surface area contributed by atoms with Gasteiger partial charge in [0.1, 0.15) is 5.41 Å². The Hall–Kier alpha value is -2.97. The van der Waals surface area contributed by atoms with Crippen molar-refractivity contribution in [1.29, 1.82) is 5.26 Å².